The first-order valence-electron chi connectivity index (χ1n) is 6.38. The summed E-state index contributed by atoms with van der Waals surface area (Å²) < 4.78 is 19.2. The van der Waals surface area contributed by atoms with Gasteiger partial charge in [0.1, 0.15) is 17.6 Å². The number of anilines is 1. The van der Waals surface area contributed by atoms with Crippen LogP contribution in [0.5, 0.6) is 5.75 Å². The molecule has 0 fully saturated rings. The predicted molar refractivity (Wildman–Crippen MR) is 83.7 cm³/mol. The third kappa shape index (κ3) is 4.20. The number of hydrogen-bond donors (Lipinski definition) is 1. The molecule has 5 heteroatoms. The van der Waals surface area contributed by atoms with E-state index in [-0.39, 0.29) is 12.4 Å². The maximum Gasteiger partial charge on any atom is 0.174 e. The highest BCUT2D eigenvalue weighted by molar-refractivity contribution is 9.10. The lowest BCUT2D eigenvalue weighted by atomic mass is 10.1. The summed E-state index contributed by atoms with van der Waals surface area (Å²) in [4.78, 5) is 0. The Kier molecular flexibility index (Phi) is 5.18. The van der Waals surface area contributed by atoms with E-state index >= 15 is 0 Å². The summed E-state index contributed by atoms with van der Waals surface area (Å²) in [6.45, 7) is 2.54. The van der Waals surface area contributed by atoms with Crippen molar-refractivity contribution < 1.29 is 9.13 Å². The van der Waals surface area contributed by atoms with Gasteiger partial charge in [0.05, 0.1) is 4.47 Å². The first kappa shape index (κ1) is 15.3. The molecule has 0 bridgehead atoms. The molecule has 108 valence electrons. The van der Waals surface area contributed by atoms with Gasteiger partial charge in [-0.15, -0.1) is 0 Å². The van der Waals surface area contributed by atoms with Gasteiger partial charge in [-0.2, -0.15) is 5.26 Å². The van der Waals surface area contributed by atoms with E-state index in [0.29, 0.717) is 16.8 Å². The average Bonchev–Trinajstić information content (AvgIpc) is 2.48. The van der Waals surface area contributed by atoms with Gasteiger partial charge < -0.3 is 10.1 Å². The fourth-order valence-electron chi connectivity index (χ4n) is 1.85. The van der Waals surface area contributed by atoms with Crippen molar-refractivity contribution in [1.82, 2.24) is 0 Å². The van der Waals surface area contributed by atoms with Crippen LogP contribution in [-0.2, 0) is 6.54 Å². The maximum atomic E-state index is 13.5. The molecule has 0 heterocycles. The van der Waals surface area contributed by atoms with Crippen molar-refractivity contribution in [2.45, 2.75) is 13.5 Å². The molecule has 0 saturated carbocycles. The summed E-state index contributed by atoms with van der Waals surface area (Å²) in [5.41, 5.74) is 2.78. The highest BCUT2D eigenvalue weighted by Gasteiger charge is 2.05. The van der Waals surface area contributed by atoms with Crippen LogP contribution in [0.4, 0.5) is 10.1 Å². The Morgan fingerprint density at radius 3 is 2.67 bits per heavy atom. The number of halogens is 2. The lowest BCUT2D eigenvalue weighted by Gasteiger charge is -2.11. The van der Waals surface area contributed by atoms with E-state index in [4.69, 9.17) is 10.00 Å². The van der Waals surface area contributed by atoms with Crippen LogP contribution in [0.3, 0.4) is 0 Å². The van der Waals surface area contributed by atoms with Crippen molar-refractivity contribution in [2.75, 3.05) is 11.9 Å². The van der Waals surface area contributed by atoms with Crippen LogP contribution in [0.1, 0.15) is 11.1 Å². The largest absolute Gasteiger partial charge is 0.479 e. The molecule has 2 rings (SSSR count). The van der Waals surface area contributed by atoms with Crippen LogP contribution in [0.2, 0.25) is 0 Å². The van der Waals surface area contributed by atoms with E-state index in [1.807, 2.05) is 37.3 Å². The summed E-state index contributed by atoms with van der Waals surface area (Å²) in [5, 5.41) is 11.6. The first-order chi connectivity index (χ1) is 10.1. The summed E-state index contributed by atoms with van der Waals surface area (Å²) in [5.74, 6) is 0.370. The Bertz CT molecular complexity index is 665. The van der Waals surface area contributed by atoms with Crippen molar-refractivity contribution >= 4 is 21.6 Å². The lowest BCUT2D eigenvalue weighted by molar-refractivity contribution is 0.368. The van der Waals surface area contributed by atoms with Crippen molar-refractivity contribution in [3.05, 3.63) is 57.8 Å². The molecule has 21 heavy (non-hydrogen) atoms. The van der Waals surface area contributed by atoms with E-state index in [1.54, 1.807) is 6.07 Å². The monoisotopic (exact) mass is 348 g/mol. The number of rotatable bonds is 5. The Hall–Kier alpha value is -2.06. The second-order valence-electron chi connectivity index (χ2n) is 4.53. The molecule has 0 aromatic heterocycles. The molecule has 0 spiro atoms. The average molecular weight is 349 g/mol. The molecule has 0 unspecified atom stereocenters. The summed E-state index contributed by atoms with van der Waals surface area (Å²) >= 11 is 3.17. The number of hydrogen-bond acceptors (Lipinski definition) is 3. The van der Waals surface area contributed by atoms with E-state index in [2.05, 4.69) is 21.2 Å². The smallest absolute Gasteiger partial charge is 0.174 e. The van der Waals surface area contributed by atoms with Gasteiger partial charge in [-0.1, -0.05) is 12.1 Å². The van der Waals surface area contributed by atoms with Gasteiger partial charge in [0, 0.05) is 12.2 Å². The number of ether oxygens (including phenoxy) is 1. The molecule has 0 amide bonds. The van der Waals surface area contributed by atoms with Crippen LogP contribution in [0.15, 0.2) is 40.9 Å². The van der Waals surface area contributed by atoms with Crippen molar-refractivity contribution in [3.63, 3.8) is 0 Å². The number of nitrogens with zero attached hydrogens (tertiary/aromatic N) is 1. The molecule has 3 nitrogen and oxygen atoms in total. The molecule has 0 saturated heterocycles. The van der Waals surface area contributed by atoms with Crippen LogP contribution in [0.25, 0.3) is 0 Å². The molecule has 0 aliphatic rings. The standard InChI is InChI=1S/C16H14BrFN2O/c1-11-8-14(17)15(18)9-16(11)20-10-12-2-4-13(5-3-12)21-7-6-19/h2-5,8-9,20H,7,10H2,1H3. The van der Waals surface area contributed by atoms with Crippen LogP contribution in [0, 0.1) is 24.1 Å². The van der Waals surface area contributed by atoms with Gasteiger partial charge in [0.15, 0.2) is 6.61 Å². The zero-order valence-corrected chi connectivity index (χ0v) is 13.1. The summed E-state index contributed by atoms with van der Waals surface area (Å²) in [6, 6.07) is 12.6. The molecule has 2 aromatic carbocycles. The Labute approximate surface area is 131 Å². The summed E-state index contributed by atoms with van der Waals surface area (Å²) in [7, 11) is 0. The number of nitrogens with one attached hydrogen (secondary N) is 1. The second-order valence-corrected chi connectivity index (χ2v) is 5.38. The molecule has 0 radical (unpaired) electrons. The van der Waals surface area contributed by atoms with Gasteiger partial charge >= 0.3 is 0 Å². The van der Waals surface area contributed by atoms with Crippen molar-refractivity contribution in [3.8, 4) is 11.8 Å². The molecule has 0 atom stereocenters. The summed E-state index contributed by atoms with van der Waals surface area (Å²) in [6.07, 6.45) is 0. The zero-order valence-electron chi connectivity index (χ0n) is 11.5. The number of aryl methyl sites for hydroxylation is 1. The molecular weight excluding hydrogens is 335 g/mol. The molecular formula is C16H14BrFN2O. The Morgan fingerprint density at radius 1 is 1.29 bits per heavy atom. The van der Waals surface area contributed by atoms with Gasteiger partial charge in [-0.05, 0) is 58.2 Å². The normalized spacial score (nSPS) is 10.0. The number of nitriles is 1. The van der Waals surface area contributed by atoms with Crippen LogP contribution >= 0.6 is 15.9 Å². The predicted octanol–water partition coefficient (Wildman–Crippen LogP) is 4.41. The third-order valence-electron chi connectivity index (χ3n) is 2.98. The first-order valence-corrected chi connectivity index (χ1v) is 7.17. The van der Waals surface area contributed by atoms with Gasteiger partial charge in [-0.3, -0.25) is 0 Å². The third-order valence-corrected chi connectivity index (χ3v) is 3.58. The van der Waals surface area contributed by atoms with Crippen LogP contribution in [-0.4, -0.2) is 6.61 Å². The van der Waals surface area contributed by atoms with E-state index in [1.165, 1.54) is 6.07 Å². The van der Waals surface area contributed by atoms with Crippen LogP contribution < -0.4 is 10.1 Å². The highest BCUT2D eigenvalue weighted by atomic mass is 79.9. The Morgan fingerprint density at radius 2 is 2.00 bits per heavy atom. The maximum absolute atomic E-state index is 13.5. The topological polar surface area (TPSA) is 45.0 Å². The fourth-order valence-corrected chi connectivity index (χ4v) is 2.31. The van der Waals surface area contributed by atoms with Gasteiger partial charge in [0.25, 0.3) is 0 Å². The zero-order chi connectivity index (χ0) is 15.2. The van der Waals surface area contributed by atoms with E-state index in [9.17, 15) is 4.39 Å². The quantitative estimate of drug-likeness (QED) is 0.870. The minimum atomic E-state index is -0.289. The second kappa shape index (κ2) is 7.09. The minimum Gasteiger partial charge on any atom is -0.479 e. The van der Waals surface area contributed by atoms with Gasteiger partial charge in [0.2, 0.25) is 0 Å². The van der Waals surface area contributed by atoms with E-state index < -0.39 is 0 Å². The highest BCUT2D eigenvalue weighted by Crippen LogP contribution is 2.24. The Balaban J connectivity index is 2.00. The SMILES string of the molecule is Cc1cc(Br)c(F)cc1NCc1ccc(OCC#N)cc1. The fraction of sp³-hybridized carbons (Fsp3) is 0.188. The number of benzene rings is 2. The lowest BCUT2D eigenvalue weighted by Crippen LogP contribution is -2.02. The molecule has 2 aromatic rings. The van der Waals surface area contributed by atoms with Crippen molar-refractivity contribution in [2.24, 2.45) is 0 Å². The minimum absolute atomic E-state index is 0.0367. The molecule has 0 aliphatic heterocycles. The van der Waals surface area contributed by atoms with E-state index in [0.717, 1.165) is 16.8 Å². The van der Waals surface area contributed by atoms with Gasteiger partial charge in [-0.25, -0.2) is 4.39 Å². The molecule has 0 aliphatic carbocycles. The van der Waals surface area contributed by atoms with Crippen molar-refractivity contribution in [1.29, 1.82) is 5.26 Å². The molecule has 1 N–H and O–H groups in total.